The average molecular weight is 469 g/mol. The molecular weight excluding hydrogens is 436 g/mol. The lowest BCUT2D eigenvalue weighted by molar-refractivity contribution is -0.142. The molecule has 10 nitrogen and oxygen atoms in total. The third-order valence-corrected chi connectivity index (χ3v) is 6.68. The van der Waals surface area contributed by atoms with Crippen molar-refractivity contribution in [2.75, 3.05) is 26.2 Å². The van der Waals surface area contributed by atoms with E-state index >= 15 is 0 Å². The summed E-state index contributed by atoms with van der Waals surface area (Å²) in [6.45, 7) is 3.88. The highest BCUT2D eigenvalue weighted by molar-refractivity contribution is 5.96. The molecule has 1 spiro atoms. The molecule has 2 aliphatic rings. The lowest BCUT2D eigenvalue weighted by Gasteiger charge is -2.41. The maximum atomic E-state index is 13.4. The van der Waals surface area contributed by atoms with Crippen LogP contribution in [0.4, 0.5) is 0 Å². The quantitative estimate of drug-likeness (QED) is 0.688. The Morgan fingerprint density at radius 2 is 1.97 bits per heavy atom. The number of amides is 3. The molecule has 0 radical (unpaired) electrons. The van der Waals surface area contributed by atoms with Gasteiger partial charge >= 0.3 is 0 Å². The fraction of sp³-hybridized carbons (Fsp3) is 0.542. The van der Waals surface area contributed by atoms with E-state index in [-0.39, 0.29) is 36.9 Å². The zero-order valence-corrected chi connectivity index (χ0v) is 19.5. The number of benzene rings is 1. The number of carbonyl (C=O) groups is 3. The molecule has 1 fully saturated rings. The maximum absolute atomic E-state index is 13.4. The van der Waals surface area contributed by atoms with E-state index in [2.05, 4.69) is 20.7 Å². The first kappa shape index (κ1) is 23.7. The van der Waals surface area contributed by atoms with Gasteiger partial charge in [0.1, 0.15) is 31.6 Å². The minimum atomic E-state index is -0.537. The fourth-order valence-electron chi connectivity index (χ4n) is 4.63. The van der Waals surface area contributed by atoms with Gasteiger partial charge < -0.3 is 20.3 Å². The number of likely N-dealkylation sites (tertiary alicyclic amines) is 1. The van der Waals surface area contributed by atoms with Crippen molar-refractivity contribution in [2.24, 2.45) is 5.41 Å². The zero-order valence-electron chi connectivity index (χ0n) is 19.5. The van der Waals surface area contributed by atoms with Crippen molar-refractivity contribution in [1.82, 2.24) is 30.3 Å². The van der Waals surface area contributed by atoms with Crippen molar-refractivity contribution in [3.05, 3.63) is 42.5 Å². The van der Waals surface area contributed by atoms with Crippen molar-refractivity contribution in [1.29, 1.82) is 0 Å². The summed E-state index contributed by atoms with van der Waals surface area (Å²) in [6, 6.07) is 6.92. The molecule has 0 bridgehead atoms. The first-order valence-corrected chi connectivity index (χ1v) is 11.9. The summed E-state index contributed by atoms with van der Waals surface area (Å²) < 4.78 is 7.40. The van der Waals surface area contributed by atoms with Gasteiger partial charge in [0.15, 0.2) is 0 Å². The fourth-order valence-corrected chi connectivity index (χ4v) is 4.63. The van der Waals surface area contributed by atoms with Crippen LogP contribution < -0.4 is 15.4 Å². The number of para-hydroxylation sites is 1. The number of piperidine rings is 1. The molecule has 34 heavy (non-hydrogen) atoms. The molecule has 3 amide bonds. The molecule has 0 saturated carbocycles. The summed E-state index contributed by atoms with van der Waals surface area (Å²) in [5, 5.41) is 10.1. The van der Waals surface area contributed by atoms with Gasteiger partial charge in [-0.25, -0.2) is 9.67 Å². The smallest absolute Gasteiger partial charge is 0.255 e. The molecule has 1 saturated heterocycles. The second-order valence-electron chi connectivity index (χ2n) is 9.15. The number of carbonyl (C=O) groups excluding carboxylic acids is 3. The lowest BCUT2D eigenvalue weighted by Crippen LogP contribution is -2.53. The molecule has 1 aromatic heterocycles. The Morgan fingerprint density at radius 3 is 2.74 bits per heavy atom. The van der Waals surface area contributed by atoms with Gasteiger partial charge in [0.25, 0.3) is 5.91 Å². The predicted octanol–water partition coefficient (Wildman–Crippen LogP) is 1.38. The molecule has 4 rings (SSSR count). The molecule has 0 unspecified atom stereocenters. The molecule has 2 N–H and O–H groups in total. The molecular formula is C24H32N6O4. The maximum Gasteiger partial charge on any atom is 0.255 e. The van der Waals surface area contributed by atoms with Gasteiger partial charge in [-0.3, -0.25) is 14.4 Å². The molecule has 182 valence electrons. The molecule has 0 aliphatic carbocycles. The van der Waals surface area contributed by atoms with Crippen molar-refractivity contribution >= 4 is 17.7 Å². The third-order valence-electron chi connectivity index (χ3n) is 6.68. The second kappa shape index (κ2) is 10.7. The Morgan fingerprint density at radius 1 is 1.18 bits per heavy atom. The minimum Gasteiger partial charge on any atom is -0.491 e. The molecule has 3 heterocycles. The number of nitrogens with zero attached hydrogens (tertiary/aromatic N) is 4. The Balaban J connectivity index is 1.42. The van der Waals surface area contributed by atoms with Gasteiger partial charge in [0.2, 0.25) is 11.8 Å². The van der Waals surface area contributed by atoms with E-state index in [9.17, 15) is 14.4 Å². The highest BCUT2D eigenvalue weighted by Crippen LogP contribution is 2.37. The number of rotatable bonds is 2. The lowest BCUT2D eigenvalue weighted by atomic mass is 9.73. The summed E-state index contributed by atoms with van der Waals surface area (Å²) in [5.41, 5.74) is -0.0397. The number of hydrogen-bond donors (Lipinski definition) is 2. The normalized spacial score (nSPS) is 21.6. The van der Waals surface area contributed by atoms with Gasteiger partial charge in [-0.15, -0.1) is 0 Å². The summed E-state index contributed by atoms with van der Waals surface area (Å²) in [5.74, 6) is 0.344. The minimum absolute atomic E-state index is 0.0151. The standard InChI is InChI=1S/C24H32N6O4/c1-18-15-34-20-7-3-2-6-19(20)22(32)26-11-5-4-8-24(23(33)28-18)9-12-29(13-10-24)21(31)14-30-17-25-16-27-30/h2-3,6-7,16-18H,4-5,8-15H2,1H3,(H,26,32)(H,28,33)/t18-/m1/s1. The Kier molecular flexibility index (Phi) is 7.44. The highest BCUT2D eigenvalue weighted by Gasteiger charge is 2.42. The van der Waals surface area contributed by atoms with E-state index in [1.807, 2.05) is 19.1 Å². The largest absolute Gasteiger partial charge is 0.491 e. The Labute approximate surface area is 199 Å². The number of fused-ring (bicyclic) bond motifs is 1. The van der Waals surface area contributed by atoms with Crippen LogP contribution in [0.5, 0.6) is 5.75 Å². The Bertz CT molecular complexity index is 1000. The SMILES string of the molecule is C[C@@H]1COc2ccccc2C(=O)NCCCCC2(CCN(C(=O)Cn3cncn3)CC2)C(=O)N1. The molecule has 1 aromatic carbocycles. The van der Waals surface area contributed by atoms with Crippen LogP contribution in [0.15, 0.2) is 36.9 Å². The summed E-state index contributed by atoms with van der Waals surface area (Å²) in [4.78, 5) is 44.4. The number of aromatic nitrogens is 3. The summed E-state index contributed by atoms with van der Waals surface area (Å²) >= 11 is 0. The predicted molar refractivity (Wildman–Crippen MR) is 124 cm³/mol. The van der Waals surface area contributed by atoms with Crippen molar-refractivity contribution in [3.8, 4) is 5.75 Å². The molecule has 2 aliphatic heterocycles. The Hall–Kier alpha value is -3.43. The molecule has 10 heteroatoms. The number of nitrogens with one attached hydrogen (secondary N) is 2. The second-order valence-corrected chi connectivity index (χ2v) is 9.15. The number of hydrogen-bond acceptors (Lipinski definition) is 6. The summed E-state index contributed by atoms with van der Waals surface area (Å²) in [6.07, 6.45) is 6.43. The van der Waals surface area contributed by atoms with Gasteiger partial charge in [0.05, 0.1) is 17.0 Å². The van der Waals surface area contributed by atoms with Crippen LogP contribution >= 0.6 is 0 Å². The molecule has 2 aromatic rings. The first-order chi connectivity index (χ1) is 16.5. The topological polar surface area (TPSA) is 118 Å². The number of ether oxygens (including phenoxy) is 1. The average Bonchev–Trinajstić information content (AvgIpc) is 3.35. The van der Waals surface area contributed by atoms with Gasteiger partial charge in [-0.05, 0) is 44.7 Å². The third kappa shape index (κ3) is 5.55. The van der Waals surface area contributed by atoms with Gasteiger partial charge in [-0.2, -0.15) is 5.10 Å². The van der Waals surface area contributed by atoms with Crippen LogP contribution in [0.3, 0.4) is 0 Å². The van der Waals surface area contributed by atoms with E-state index < -0.39 is 5.41 Å². The van der Waals surface area contributed by atoms with E-state index in [0.29, 0.717) is 50.2 Å². The van der Waals surface area contributed by atoms with Crippen LogP contribution in [0.25, 0.3) is 0 Å². The van der Waals surface area contributed by atoms with Crippen LogP contribution in [-0.4, -0.2) is 69.7 Å². The van der Waals surface area contributed by atoms with Gasteiger partial charge in [0, 0.05) is 19.6 Å². The van der Waals surface area contributed by atoms with E-state index in [4.69, 9.17) is 4.74 Å². The van der Waals surface area contributed by atoms with Crippen LogP contribution in [0.2, 0.25) is 0 Å². The van der Waals surface area contributed by atoms with Crippen molar-refractivity contribution < 1.29 is 19.1 Å². The zero-order chi connectivity index (χ0) is 24.0. The van der Waals surface area contributed by atoms with Crippen LogP contribution in [0.1, 0.15) is 49.4 Å². The first-order valence-electron chi connectivity index (χ1n) is 11.9. The van der Waals surface area contributed by atoms with Crippen molar-refractivity contribution in [3.63, 3.8) is 0 Å². The van der Waals surface area contributed by atoms with E-state index in [1.165, 1.54) is 17.3 Å². The van der Waals surface area contributed by atoms with E-state index in [1.54, 1.807) is 17.0 Å². The van der Waals surface area contributed by atoms with E-state index in [0.717, 1.165) is 12.8 Å². The monoisotopic (exact) mass is 468 g/mol. The molecule has 1 atom stereocenters. The highest BCUT2D eigenvalue weighted by atomic mass is 16.5. The summed E-state index contributed by atoms with van der Waals surface area (Å²) in [7, 11) is 0. The van der Waals surface area contributed by atoms with Crippen LogP contribution in [0, 0.1) is 5.41 Å². The van der Waals surface area contributed by atoms with Crippen LogP contribution in [-0.2, 0) is 16.1 Å². The van der Waals surface area contributed by atoms with Crippen molar-refractivity contribution in [2.45, 2.75) is 51.6 Å². The van der Waals surface area contributed by atoms with Gasteiger partial charge in [-0.1, -0.05) is 18.6 Å².